The summed E-state index contributed by atoms with van der Waals surface area (Å²) < 4.78 is 32.2. The minimum atomic E-state index is -1.45. The monoisotopic (exact) mass is 395 g/mol. The Kier molecular flexibility index (Phi) is 4.83. The van der Waals surface area contributed by atoms with E-state index in [0.717, 1.165) is 0 Å². The predicted octanol–water partition coefficient (Wildman–Crippen LogP) is 3.71. The van der Waals surface area contributed by atoms with Gasteiger partial charge in [0.1, 0.15) is 22.2 Å². The standard InChI is InChI=1S/C18H22FN3O4S/c1-17(2,3)16(23)20-12-7-14-10(6-11(12)19)13(21-25-14)9-27(24)15-8-18(4,5)26-22-15/h6-7H,8-9H2,1-5H3,(H,20,23). The van der Waals surface area contributed by atoms with Crippen LogP contribution < -0.4 is 5.32 Å². The summed E-state index contributed by atoms with van der Waals surface area (Å²) in [6, 6.07) is 2.61. The highest BCUT2D eigenvalue weighted by Crippen LogP contribution is 2.29. The number of hydrogen-bond acceptors (Lipinski definition) is 6. The van der Waals surface area contributed by atoms with Crippen LogP contribution in [0.1, 0.15) is 46.7 Å². The number of amides is 1. The number of benzene rings is 1. The Labute approximate surface area is 158 Å². The maximum atomic E-state index is 14.5. The van der Waals surface area contributed by atoms with E-state index in [9.17, 15) is 13.4 Å². The molecule has 2 heterocycles. The van der Waals surface area contributed by atoms with Crippen molar-refractivity contribution in [2.45, 2.75) is 52.4 Å². The minimum absolute atomic E-state index is 0.0153. The van der Waals surface area contributed by atoms with Gasteiger partial charge in [-0.2, -0.15) is 0 Å². The van der Waals surface area contributed by atoms with Gasteiger partial charge in [-0.25, -0.2) is 4.39 Å². The van der Waals surface area contributed by atoms with E-state index in [2.05, 4.69) is 15.6 Å². The van der Waals surface area contributed by atoms with Crippen LogP contribution in [-0.2, 0) is 26.2 Å². The molecule has 0 fully saturated rings. The van der Waals surface area contributed by atoms with Gasteiger partial charge >= 0.3 is 0 Å². The van der Waals surface area contributed by atoms with Gasteiger partial charge in [-0.1, -0.05) is 31.1 Å². The van der Waals surface area contributed by atoms with Crippen molar-refractivity contribution >= 4 is 38.4 Å². The van der Waals surface area contributed by atoms with Crippen LogP contribution in [0.4, 0.5) is 10.1 Å². The molecule has 2 aromatic rings. The molecule has 1 N–H and O–H groups in total. The molecule has 1 atom stereocenters. The zero-order valence-corrected chi connectivity index (χ0v) is 16.7. The number of carbonyl (C=O) groups is 1. The normalized spacial score (nSPS) is 17.5. The first kappa shape index (κ1) is 19.5. The third-order valence-corrected chi connectivity index (χ3v) is 5.35. The van der Waals surface area contributed by atoms with E-state index in [1.165, 1.54) is 12.1 Å². The van der Waals surface area contributed by atoms with Gasteiger partial charge in [-0.3, -0.25) is 9.00 Å². The van der Waals surface area contributed by atoms with Crippen molar-refractivity contribution < 1.29 is 22.8 Å². The van der Waals surface area contributed by atoms with Crippen LogP contribution in [0.2, 0.25) is 0 Å². The molecule has 1 amide bonds. The van der Waals surface area contributed by atoms with Crippen LogP contribution in [-0.4, -0.2) is 25.9 Å². The molecule has 0 bridgehead atoms. The first-order valence-corrected chi connectivity index (χ1v) is 9.81. The molecule has 9 heteroatoms. The van der Waals surface area contributed by atoms with Gasteiger partial charge in [-0.05, 0) is 19.9 Å². The molecule has 1 aromatic heterocycles. The van der Waals surface area contributed by atoms with Gasteiger partial charge in [0.25, 0.3) is 0 Å². The number of hydrogen-bond donors (Lipinski definition) is 1. The highest BCUT2D eigenvalue weighted by atomic mass is 32.2. The Hall–Kier alpha value is -2.29. The fourth-order valence-corrected chi connectivity index (χ4v) is 3.70. The molecule has 1 aromatic carbocycles. The molecule has 0 aliphatic carbocycles. The molecular formula is C18H22FN3O4S. The van der Waals surface area contributed by atoms with E-state index >= 15 is 0 Å². The van der Waals surface area contributed by atoms with E-state index in [1.807, 2.05) is 13.8 Å². The third kappa shape index (κ3) is 4.18. The molecule has 1 unspecified atom stereocenters. The van der Waals surface area contributed by atoms with Crippen molar-refractivity contribution in [3.63, 3.8) is 0 Å². The molecule has 3 rings (SSSR count). The fourth-order valence-electron chi connectivity index (χ4n) is 2.45. The Morgan fingerprint density at radius 2 is 2.07 bits per heavy atom. The van der Waals surface area contributed by atoms with Gasteiger partial charge in [0.05, 0.1) is 22.2 Å². The van der Waals surface area contributed by atoms with E-state index in [0.29, 0.717) is 28.1 Å². The van der Waals surface area contributed by atoms with E-state index in [-0.39, 0.29) is 17.3 Å². The lowest BCUT2D eigenvalue weighted by atomic mass is 9.95. The van der Waals surface area contributed by atoms with Gasteiger partial charge in [-0.15, -0.1) is 0 Å². The second kappa shape index (κ2) is 6.70. The number of fused-ring (bicyclic) bond motifs is 1. The average molecular weight is 395 g/mol. The highest BCUT2D eigenvalue weighted by molar-refractivity contribution is 7.99. The topological polar surface area (TPSA) is 93.8 Å². The predicted molar refractivity (Wildman–Crippen MR) is 101 cm³/mol. The number of oxime groups is 1. The molecule has 27 heavy (non-hydrogen) atoms. The van der Waals surface area contributed by atoms with Crippen LogP contribution in [0, 0.1) is 11.2 Å². The van der Waals surface area contributed by atoms with Gasteiger partial charge < -0.3 is 14.7 Å². The van der Waals surface area contributed by atoms with Crippen LogP contribution in [0.5, 0.6) is 0 Å². The van der Waals surface area contributed by atoms with Crippen molar-refractivity contribution in [1.82, 2.24) is 5.16 Å². The van der Waals surface area contributed by atoms with Crippen LogP contribution in [0.25, 0.3) is 11.0 Å². The molecule has 146 valence electrons. The van der Waals surface area contributed by atoms with E-state index < -0.39 is 27.6 Å². The Balaban J connectivity index is 1.82. The largest absolute Gasteiger partial charge is 0.389 e. The fraction of sp³-hybridized carbons (Fsp3) is 0.500. The molecule has 1 aliphatic rings. The lowest BCUT2D eigenvalue weighted by molar-refractivity contribution is -0.123. The number of nitrogens with zero attached hydrogens (tertiary/aromatic N) is 2. The van der Waals surface area contributed by atoms with Gasteiger partial charge in [0, 0.05) is 23.3 Å². The lowest BCUT2D eigenvalue weighted by Crippen LogP contribution is -2.28. The maximum Gasteiger partial charge on any atom is 0.229 e. The molecule has 0 saturated heterocycles. The number of carbonyl (C=O) groups excluding carboxylic acids is 1. The third-order valence-electron chi connectivity index (χ3n) is 4.07. The van der Waals surface area contributed by atoms with Crippen molar-refractivity contribution in [2.24, 2.45) is 10.6 Å². The first-order chi connectivity index (χ1) is 12.5. The van der Waals surface area contributed by atoms with Crippen LogP contribution in [0.15, 0.2) is 21.8 Å². The van der Waals surface area contributed by atoms with Crippen molar-refractivity contribution in [2.75, 3.05) is 5.32 Å². The average Bonchev–Trinajstić information content (AvgIpc) is 3.10. The summed E-state index contributed by atoms with van der Waals surface area (Å²) in [5.41, 5.74) is -0.464. The number of aromatic nitrogens is 1. The second-order valence-electron chi connectivity index (χ2n) is 8.16. The first-order valence-electron chi connectivity index (χ1n) is 8.49. The summed E-state index contributed by atoms with van der Waals surface area (Å²) in [7, 11) is -1.45. The summed E-state index contributed by atoms with van der Waals surface area (Å²) in [4.78, 5) is 17.3. The van der Waals surface area contributed by atoms with Gasteiger partial charge in [0.2, 0.25) is 5.91 Å². The lowest BCUT2D eigenvalue weighted by Gasteiger charge is -2.17. The quantitative estimate of drug-likeness (QED) is 0.855. The number of rotatable bonds is 3. The summed E-state index contributed by atoms with van der Waals surface area (Å²) in [6.45, 7) is 8.91. The van der Waals surface area contributed by atoms with Crippen molar-refractivity contribution in [3.8, 4) is 0 Å². The Morgan fingerprint density at radius 3 is 2.67 bits per heavy atom. The number of anilines is 1. The summed E-state index contributed by atoms with van der Waals surface area (Å²) in [5, 5.41) is 11.2. The Bertz CT molecular complexity index is 959. The van der Waals surface area contributed by atoms with Crippen LogP contribution >= 0.6 is 0 Å². The van der Waals surface area contributed by atoms with Crippen molar-refractivity contribution in [3.05, 3.63) is 23.6 Å². The maximum absolute atomic E-state index is 14.5. The molecule has 0 saturated carbocycles. The number of nitrogens with one attached hydrogen (secondary N) is 1. The van der Waals surface area contributed by atoms with Crippen molar-refractivity contribution in [1.29, 1.82) is 0 Å². The van der Waals surface area contributed by atoms with Crippen LogP contribution in [0.3, 0.4) is 0 Å². The SMILES string of the molecule is CC1(C)CC(S(=O)Cc2noc3cc(NC(=O)C(C)(C)C)c(F)cc23)=NO1. The zero-order chi connectivity index (χ0) is 20.0. The molecule has 1 aliphatic heterocycles. The summed E-state index contributed by atoms with van der Waals surface area (Å²) in [5.74, 6) is -0.889. The second-order valence-corrected chi connectivity index (χ2v) is 9.62. The van der Waals surface area contributed by atoms with E-state index in [4.69, 9.17) is 9.36 Å². The van der Waals surface area contributed by atoms with Gasteiger partial charge in [0.15, 0.2) is 5.58 Å². The zero-order valence-electron chi connectivity index (χ0n) is 15.9. The summed E-state index contributed by atoms with van der Waals surface area (Å²) in [6.07, 6.45) is 0.451. The Morgan fingerprint density at radius 1 is 1.37 bits per heavy atom. The molecular weight excluding hydrogens is 373 g/mol. The molecule has 0 spiro atoms. The number of halogens is 1. The smallest absolute Gasteiger partial charge is 0.229 e. The van der Waals surface area contributed by atoms with E-state index in [1.54, 1.807) is 20.8 Å². The highest BCUT2D eigenvalue weighted by Gasteiger charge is 2.32. The summed E-state index contributed by atoms with van der Waals surface area (Å²) >= 11 is 0. The molecule has 7 nitrogen and oxygen atoms in total. The minimum Gasteiger partial charge on any atom is -0.389 e. The molecule has 0 radical (unpaired) electrons.